The summed E-state index contributed by atoms with van der Waals surface area (Å²) in [5.74, 6) is -2.99. The van der Waals surface area contributed by atoms with Gasteiger partial charge in [0.1, 0.15) is 12.1 Å². The van der Waals surface area contributed by atoms with E-state index >= 15 is 0 Å². The van der Waals surface area contributed by atoms with Gasteiger partial charge in [0.05, 0.1) is 12.6 Å². The number of carbonyl (C=O) groups excluding carboxylic acids is 3. The Bertz CT molecular complexity index is 643. The third kappa shape index (κ3) is 9.07. The standard InChI is InChI=1S/C18H33N7O5/c1-10(2)14(25-13(26)9-23-15(27)11-5-3-7-21-11)16(28)24-12(17(29)30)6-4-8-22-18(19)20/h10-12,14,21H,3-9H2,1-2H3,(H,23,27)(H,24,28)(H,25,26)(H,29,30)(H4,19,20,22)/t11-,12-,14-/m0/s1. The number of nitrogens with zero attached hydrogens (tertiary/aromatic N) is 1. The highest BCUT2D eigenvalue weighted by atomic mass is 16.4. The molecule has 1 saturated heterocycles. The van der Waals surface area contributed by atoms with Crippen LogP contribution in [0.25, 0.3) is 0 Å². The number of rotatable bonds is 12. The molecule has 1 aliphatic rings. The second-order valence-electron chi connectivity index (χ2n) is 7.50. The second kappa shape index (κ2) is 12.6. The van der Waals surface area contributed by atoms with Crippen molar-refractivity contribution in [1.29, 1.82) is 0 Å². The fourth-order valence-corrected chi connectivity index (χ4v) is 2.98. The lowest BCUT2D eigenvalue weighted by atomic mass is 10.0. The van der Waals surface area contributed by atoms with E-state index in [0.29, 0.717) is 12.8 Å². The normalized spacial score (nSPS) is 17.6. The smallest absolute Gasteiger partial charge is 0.326 e. The minimum Gasteiger partial charge on any atom is -0.480 e. The predicted octanol–water partition coefficient (Wildman–Crippen LogP) is -2.38. The van der Waals surface area contributed by atoms with Crippen molar-refractivity contribution in [2.24, 2.45) is 22.4 Å². The summed E-state index contributed by atoms with van der Waals surface area (Å²) in [5.41, 5.74) is 10.4. The molecule has 0 saturated carbocycles. The van der Waals surface area contributed by atoms with Crippen LogP contribution in [0.15, 0.2) is 4.99 Å². The van der Waals surface area contributed by atoms with Crippen LogP contribution in [0.1, 0.15) is 39.5 Å². The van der Waals surface area contributed by atoms with E-state index in [1.54, 1.807) is 13.8 Å². The number of hydrogen-bond acceptors (Lipinski definition) is 6. The summed E-state index contributed by atoms with van der Waals surface area (Å²) in [6.45, 7) is 4.17. The predicted molar refractivity (Wildman–Crippen MR) is 110 cm³/mol. The summed E-state index contributed by atoms with van der Waals surface area (Å²) < 4.78 is 0. The number of nitrogens with one attached hydrogen (secondary N) is 4. The van der Waals surface area contributed by atoms with Gasteiger partial charge in [-0.1, -0.05) is 13.8 Å². The average molecular weight is 428 g/mol. The zero-order valence-corrected chi connectivity index (χ0v) is 17.4. The Morgan fingerprint density at radius 1 is 1.20 bits per heavy atom. The molecular weight excluding hydrogens is 394 g/mol. The topological polar surface area (TPSA) is 201 Å². The molecule has 170 valence electrons. The minimum absolute atomic E-state index is 0.0932. The van der Waals surface area contributed by atoms with Crippen LogP contribution >= 0.6 is 0 Å². The van der Waals surface area contributed by atoms with Crippen LogP contribution < -0.4 is 32.7 Å². The van der Waals surface area contributed by atoms with Gasteiger partial charge in [-0.15, -0.1) is 0 Å². The maximum Gasteiger partial charge on any atom is 0.326 e. The van der Waals surface area contributed by atoms with Crippen molar-refractivity contribution in [2.75, 3.05) is 19.6 Å². The zero-order valence-electron chi connectivity index (χ0n) is 17.4. The molecule has 1 heterocycles. The van der Waals surface area contributed by atoms with Crippen LogP contribution in [0.4, 0.5) is 0 Å². The van der Waals surface area contributed by atoms with Crippen LogP contribution in [-0.4, -0.2) is 72.5 Å². The molecule has 0 radical (unpaired) electrons. The van der Waals surface area contributed by atoms with E-state index in [4.69, 9.17) is 11.5 Å². The molecule has 3 atom stereocenters. The molecule has 30 heavy (non-hydrogen) atoms. The van der Waals surface area contributed by atoms with Crippen molar-refractivity contribution in [1.82, 2.24) is 21.3 Å². The van der Waals surface area contributed by atoms with Gasteiger partial charge in [-0.25, -0.2) is 4.79 Å². The molecular formula is C18H33N7O5. The Labute approximate surface area is 175 Å². The highest BCUT2D eigenvalue weighted by molar-refractivity contribution is 5.92. The summed E-state index contributed by atoms with van der Waals surface area (Å²) >= 11 is 0. The van der Waals surface area contributed by atoms with Crippen molar-refractivity contribution < 1.29 is 24.3 Å². The molecule has 0 aromatic carbocycles. The number of nitrogens with two attached hydrogens (primary N) is 2. The van der Waals surface area contributed by atoms with Gasteiger partial charge in [-0.3, -0.25) is 19.4 Å². The third-order valence-corrected chi connectivity index (χ3v) is 4.63. The number of carboxylic acid groups (broad SMARTS) is 1. The number of carbonyl (C=O) groups is 4. The monoisotopic (exact) mass is 427 g/mol. The first-order valence-corrected chi connectivity index (χ1v) is 10.0. The molecule has 0 aromatic heterocycles. The van der Waals surface area contributed by atoms with Crippen LogP contribution in [0.5, 0.6) is 0 Å². The van der Waals surface area contributed by atoms with Gasteiger partial charge in [0, 0.05) is 6.54 Å². The average Bonchev–Trinajstić information content (AvgIpc) is 3.20. The number of guanidine groups is 1. The molecule has 0 bridgehead atoms. The number of aliphatic imine (C=N–C) groups is 1. The summed E-state index contributed by atoms with van der Waals surface area (Å²) in [7, 11) is 0. The second-order valence-corrected chi connectivity index (χ2v) is 7.50. The Hall–Kier alpha value is -2.89. The lowest BCUT2D eigenvalue weighted by Crippen LogP contribution is -2.55. The van der Waals surface area contributed by atoms with Gasteiger partial charge >= 0.3 is 5.97 Å². The van der Waals surface area contributed by atoms with Gasteiger partial charge in [0.25, 0.3) is 0 Å². The summed E-state index contributed by atoms with van der Waals surface area (Å²) in [6, 6.07) is -2.39. The van der Waals surface area contributed by atoms with Crippen molar-refractivity contribution in [3.05, 3.63) is 0 Å². The molecule has 3 amide bonds. The first-order valence-electron chi connectivity index (χ1n) is 10.0. The first kappa shape index (κ1) is 25.1. The maximum atomic E-state index is 12.6. The number of aliphatic carboxylic acids is 1. The molecule has 12 heteroatoms. The van der Waals surface area contributed by atoms with Gasteiger partial charge in [0.2, 0.25) is 17.7 Å². The Morgan fingerprint density at radius 2 is 1.90 bits per heavy atom. The highest BCUT2D eigenvalue weighted by Gasteiger charge is 2.29. The van der Waals surface area contributed by atoms with Crippen molar-refractivity contribution >= 4 is 29.7 Å². The van der Waals surface area contributed by atoms with Crippen molar-refractivity contribution in [3.63, 3.8) is 0 Å². The summed E-state index contributed by atoms with van der Waals surface area (Å²) in [5, 5.41) is 19.9. The summed E-state index contributed by atoms with van der Waals surface area (Å²) in [4.78, 5) is 51.9. The minimum atomic E-state index is -1.20. The van der Waals surface area contributed by atoms with Gasteiger partial charge in [0.15, 0.2) is 5.96 Å². The fourth-order valence-electron chi connectivity index (χ4n) is 2.98. The van der Waals surface area contributed by atoms with Crippen LogP contribution in [0.3, 0.4) is 0 Å². The van der Waals surface area contributed by atoms with E-state index in [1.807, 2.05) is 0 Å². The molecule has 1 rings (SSSR count). The van der Waals surface area contributed by atoms with E-state index in [1.165, 1.54) is 0 Å². The van der Waals surface area contributed by atoms with Crippen molar-refractivity contribution in [2.45, 2.75) is 57.7 Å². The maximum absolute atomic E-state index is 12.6. The molecule has 0 unspecified atom stereocenters. The van der Waals surface area contributed by atoms with E-state index in [0.717, 1.165) is 13.0 Å². The number of hydrogen-bond donors (Lipinski definition) is 7. The molecule has 9 N–H and O–H groups in total. The molecule has 1 aliphatic heterocycles. The molecule has 0 spiro atoms. The molecule has 12 nitrogen and oxygen atoms in total. The van der Waals surface area contributed by atoms with E-state index < -0.39 is 29.9 Å². The first-order chi connectivity index (χ1) is 14.1. The Kier molecular flexibility index (Phi) is 10.6. The van der Waals surface area contributed by atoms with Gasteiger partial charge < -0.3 is 37.8 Å². The lowest BCUT2D eigenvalue weighted by Gasteiger charge is -2.24. The Morgan fingerprint density at radius 3 is 2.43 bits per heavy atom. The molecule has 0 aliphatic carbocycles. The van der Waals surface area contributed by atoms with E-state index in [9.17, 15) is 24.3 Å². The lowest BCUT2D eigenvalue weighted by molar-refractivity contribution is -0.142. The van der Waals surface area contributed by atoms with Crippen LogP contribution in [-0.2, 0) is 19.2 Å². The van der Waals surface area contributed by atoms with Gasteiger partial charge in [-0.2, -0.15) is 0 Å². The molecule has 0 aromatic rings. The molecule has 1 fully saturated rings. The number of amides is 3. The third-order valence-electron chi connectivity index (χ3n) is 4.63. The summed E-state index contributed by atoms with van der Waals surface area (Å²) in [6.07, 6.45) is 2.09. The SMILES string of the molecule is CC(C)[C@H](NC(=O)CNC(=O)[C@@H]1CCCN1)C(=O)N[C@@H](CCCN=C(N)N)C(=O)O. The fraction of sp³-hybridized carbons (Fsp3) is 0.722. The zero-order chi connectivity index (χ0) is 22.7. The van der Waals surface area contributed by atoms with E-state index in [2.05, 4.69) is 26.3 Å². The largest absolute Gasteiger partial charge is 0.480 e. The highest BCUT2D eigenvalue weighted by Crippen LogP contribution is 2.06. The van der Waals surface area contributed by atoms with Crippen LogP contribution in [0.2, 0.25) is 0 Å². The van der Waals surface area contributed by atoms with E-state index in [-0.39, 0.29) is 43.3 Å². The quantitative estimate of drug-likeness (QED) is 0.102. The van der Waals surface area contributed by atoms with Crippen LogP contribution in [0, 0.1) is 5.92 Å². The van der Waals surface area contributed by atoms with Crippen molar-refractivity contribution in [3.8, 4) is 0 Å². The Balaban J connectivity index is 2.56. The number of carboxylic acids is 1. The van der Waals surface area contributed by atoms with Gasteiger partial charge in [-0.05, 0) is 38.1 Å².